The van der Waals surface area contributed by atoms with Gasteiger partial charge in [-0.05, 0) is 18.2 Å². The molecule has 0 saturated carbocycles. The molecule has 1 aromatic carbocycles. The molecule has 0 aliphatic heterocycles. The summed E-state index contributed by atoms with van der Waals surface area (Å²) in [5.74, 6) is -1.56. The van der Waals surface area contributed by atoms with Crippen LogP contribution in [0.3, 0.4) is 0 Å². The Balaban J connectivity index is 3.07. The number of nitrogens with one attached hydrogen (secondary N) is 1. The van der Waals surface area contributed by atoms with Crippen LogP contribution in [0.4, 0.5) is 0 Å². The minimum Gasteiger partial charge on any atom is -0.481 e. The number of Topliss-reactive ketones (excluding diaryl/α,β-unsaturated/α-hetero) is 1. The quantitative estimate of drug-likeness (QED) is 0.559. The molecule has 0 heterocycles. The van der Waals surface area contributed by atoms with E-state index in [1.54, 1.807) is 0 Å². The molecule has 0 aromatic heterocycles. The van der Waals surface area contributed by atoms with Gasteiger partial charge in [0.2, 0.25) is 10.0 Å². The lowest BCUT2D eigenvalue weighted by molar-refractivity contribution is -0.136. The zero-order valence-electron chi connectivity index (χ0n) is 11.0. The number of carbonyl (C=O) groups excluding carboxylic acids is 1. The van der Waals surface area contributed by atoms with E-state index in [1.807, 2.05) is 0 Å². The number of hydrogen-bond donors (Lipinski definition) is 2. The maximum atomic E-state index is 12.0. The molecule has 0 spiro atoms. The highest BCUT2D eigenvalue weighted by molar-refractivity contribution is 7.89. The monoisotopic (exact) mass is 331 g/mol. The normalized spacial score (nSPS) is 11.1. The van der Waals surface area contributed by atoms with Gasteiger partial charge >= 0.3 is 5.97 Å². The van der Waals surface area contributed by atoms with Crippen LogP contribution in [0.1, 0.15) is 23.2 Å². The Morgan fingerprint density at radius 3 is 2.57 bits per heavy atom. The Labute approximate surface area is 127 Å². The smallest absolute Gasteiger partial charge is 0.303 e. The standard InChI is InChI=1S/C13H14ClNO5S/c1-2-7-15-21(19,20)12-8-9(3-4-10(12)14)11(16)5-6-13(17)18/h2-4,8,15H,1,5-7H2,(H,17,18). The van der Waals surface area contributed by atoms with E-state index < -0.39 is 21.8 Å². The Hall–Kier alpha value is -1.70. The molecule has 0 unspecified atom stereocenters. The van der Waals surface area contributed by atoms with Crippen LogP contribution in [0.25, 0.3) is 0 Å². The van der Waals surface area contributed by atoms with Gasteiger partial charge in [-0.3, -0.25) is 9.59 Å². The topological polar surface area (TPSA) is 101 Å². The molecular weight excluding hydrogens is 318 g/mol. The van der Waals surface area contributed by atoms with Crippen molar-refractivity contribution in [2.75, 3.05) is 6.54 Å². The molecule has 2 N–H and O–H groups in total. The summed E-state index contributed by atoms with van der Waals surface area (Å²) in [7, 11) is -3.86. The average Bonchev–Trinajstić information content (AvgIpc) is 2.42. The van der Waals surface area contributed by atoms with Crippen LogP contribution in [0.2, 0.25) is 5.02 Å². The van der Waals surface area contributed by atoms with Gasteiger partial charge in [0, 0.05) is 18.5 Å². The number of aliphatic carboxylic acids is 1. The molecule has 8 heteroatoms. The Kier molecular flexibility index (Phi) is 6.07. The summed E-state index contributed by atoms with van der Waals surface area (Å²) in [5.41, 5.74) is 0.0969. The van der Waals surface area contributed by atoms with Crippen LogP contribution >= 0.6 is 11.6 Å². The molecule has 1 aromatic rings. The van der Waals surface area contributed by atoms with E-state index in [4.69, 9.17) is 16.7 Å². The number of benzene rings is 1. The molecule has 1 rings (SSSR count). The summed E-state index contributed by atoms with van der Waals surface area (Å²) in [6.07, 6.45) is 0.835. The lowest BCUT2D eigenvalue weighted by atomic mass is 10.1. The van der Waals surface area contributed by atoms with Crippen molar-refractivity contribution < 1.29 is 23.1 Å². The van der Waals surface area contributed by atoms with Crippen molar-refractivity contribution in [2.45, 2.75) is 17.7 Å². The largest absolute Gasteiger partial charge is 0.481 e. The fourth-order valence-electron chi connectivity index (χ4n) is 1.49. The third kappa shape index (κ3) is 4.96. The molecule has 0 radical (unpaired) electrons. The summed E-state index contributed by atoms with van der Waals surface area (Å²) >= 11 is 5.84. The number of sulfonamides is 1. The van der Waals surface area contributed by atoms with Gasteiger partial charge in [-0.15, -0.1) is 6.58 Å². The van der Waals surface area contributed by atoms with Crippen LogP contribution in [-0.2, 0) is 14.8 Å². The van der Waals surface area contributed by atoms with E-state index in [2.05, 4.69) is 11.3 Å². The van der Waals surface area contributed by atoms with Crippen LogP contribution in [0, 0.1) is 0 Å². The molecule has 0 amide bonds. The van der Waals surface area contributed by atoms with Gasteiger partial charge < -0.3 is 5.11 Å². The molecule has 0 aliphatic carbocycles. The van der Waals surface area contributed by atoms with Crippen molar-refractivity contribution in [1.29, 1.82) is 0 Å². The minimum absolute atomic E-state index is 0.0237. The van der Waals surface area contributed by atoms with Gasteiger partial charge in [0.1, 0.15) is 4.90 Å². The number of carbonyl (C=O) groups is 2. The van der Waals surface area contributed by atoms with Crippen molar-refractivity contribution >= 4 is 33.4 Å². The molecule has 21 heavy (non-hydrogen) atoms. The third-order valence-electron chi connectivity index (χ3n) is 2.53. The lowest BCUT2D eigenvalue weighted by Gasteiger charge is -2.08. The first-order valence-electron chi connectivity index (χ1n) is 5.93. The second-order valence-electron chi connectivity index (χ2n) is 4.10. The van der Waals surface area contributed by atoms with Crippen molar-refractivity contribution in [2.24, 2.45) is 0 Å². The molecule has 6 nitrogen and oxygen atoms in total. The zero-order chi connectivity index (χ0) is 16.0. The fourth-order valence-corrected chi connectivity index (χ4v) is 3.02. The summed E-state index contributed by atoms with van der Waals surface area (Å²) < 4.78 is 26.3. The van der Waals surface area contributed by atoms with Crippen molar-refractivity contribution in [1.82, 2.24) is 4.72 Å². The van der Waals surface area contributed by atoms with Crippen LogP contribution in [0.15, 0.2) is 35.7 Å². The number of carboxylic acid groups (broad SMARTS) is 1. The molecule has 0 fully saturated rings. The maximum Gasteiger partial charge on any atom is 0.303 e. The van der Waals surface area contributed by atoms with Gasteiger partial charge in [0.25, 0.3) is 0 Å². The molecule has 114 valence electrons. The highest BCUT2D eigenvalue weighted by Crippen LogP contribution is 2.23. The van der Waals surface area contributed by atoms with Gasteiger partial charge in [-0.25, -0.2) is 13.1 Å². The first-order valence-corrected chi connectivity index (χ1v) is 7.79. The van der Waals surface area contributed by atoms with Gasteiger partial charge in [0.15, 0.2) is 5.78 Å². The first-order chi connectivity index (χ1) is 9.77. The minimum atomic E-state index is -3.86. The molecule has 0 aliphatic rings. The number of ketones is 1. The SMILES string of the molecule is C=CCNS(=O)(=O)c1cc(C(=O)CCC(=O)O)ccc1Cl. The molecular formula is C13H14ClNO5S. The van der Waals surface area contributed by atoms with Crippen molar-refractivity contribution in [3.8, 4) is 0 Å². The van der Waals surface area contributed by atoms with Crippen LogP contribution < -0.4 is 4.72 Å². The van der Waals surface area contributed by atoms with E-state index in [1.165, 1.54) is 18.2 Å². The van der Waals surface area contributed by atoms with Crippen molar-refractivity contribution in [3.63, 3.8) is 0 Å². The van der Waals surface area contributed by atoms with Crippen molar-refractivity contribution in [3.05, 3.63) is 41.4 Å². The highest BCUT2D eigenvalue weighted by Gasteiger charge is 2.19. The van der Waals surface area contributed by atoms with E-state index in [9.17, 15) is 18.0 Å². The molecule has 0 saturated heterocycles. The Morgan fingerprint density at radius 1 is 1.33 bits per heavy atom. The summed E-state index contributed by atoms with van der Waals surface area (Å²) in [6, 6.07) is 3.79. The highest BCUT2D eigenvalue weighted by atomic mass is 35.5. The third-order valence-corrected chi connectivity index (χ3v) is 4.43. The van der Waals surface area contributed by atoms with Gasteiger partial charge in [0.05, 0.1) is 11.4 Å². The lowest BCUT2D eigenvalue weighted by Crippen LogP contribution is -2.24. The predicted molar refractivity (Wildman–Crippen MR) is 78.0 cm³/mol. The summed E-state index contributed by atoms with van der Waals surface area (Å²) in [5, 5.41) is 8.52. The number of carboxylic acids is 1. The Morgan fingerprint density at radius 2 is 2.00 bits per heavy atom. The number of rotatable bonds is 8. The van der Waals surface area contributed by atoms with E-state index in [0.717, 1.165) is 6.07 Å². The van der Waals surface area contributed by atoms with E-state index in [-0.39, 0.29) is 34.9 Å². The van der Waals surface area contributed by atoms with Crippen LogP contribution in [-0.4, -0.2) is 31.8 Å². The Bertz CT molecular complexity index is 669. The summed E-state index contributed by atoms with van der Waals surface area (Å²) in [4.78, 5) is 22.0. The predicted octanol–water partition coefficient (Wildman–Crippen LogP) is 1.85. The molecule has 0 atom stereocenters. The average molecular weight is 332 g/mol. The molecule has 0 bridgehead atoms. The van der Waals surface area contributed by atoms with E-state index in [0.29, 0.717) is 0 Å². The number of halogens is 1. The van der Waals surface area contributed by atoms with Gasteiger partial charge in [-0.2, -0.15) is 0 Å². The van der Waals surface area contributed by atoms with Gasteiger partial charge in [-0.1, -0.05) is 17.7 Å². The first kappa shape index (κ1) is 17.4. The van der Waals surface area contributed by atoms with Crippen LogP contribution in [0.5, 0.6) is 0 Å². The van der Waals surface area contributed by atoms with E-state index >= 15 is 0 Å². The second kappa shape index (κ2) is 7.35. The zero-order valence-corrected chi connectivity index (χ0v) is 12.6. The number of hydrogen-bond acceptors (Lipinski definition) is 4. The fraction of sp³-hybridized carbons (Fsp3) is 0.231. The summed E-state index contributed by atoms with van der Waals surface area (Å²) in [6.45, 7) is 3.42. The maximum absolute atomic E-state index is 12.0. The second-order valence-corrected chi connectivity index (χ2v) is 6.25.